The smallest absolute Gasteiger partial charge is 0.267 e. The van der Waals surface area contributed by atoms with E-state index in [1.54, 1.807) is 31.2 Å². The van der Waals surface area contributed by atoms with Crippen molar-refractivity contribution >= 4 is 35.2 Å². The molecule has 168 valence electrons. The first kappa shape index (κ1) is 22.1. The van der Waals surface area contributed by atoms with Gasteiger partial charge in [-0.05, 0) is 55.8 Å². The number of likely N-dealkylation sites (tertiary alicyclic amines) is 1. The second-order valence-corrected chi connectivity index (χ2v) is 8.89. The van der Waals surface area contributed by atoms with Crippen molar-refractivity contribution in [2.24, 2.45) is 5.92 Å². The zero-order chi connectivity index (χ0) is 22.7. The van der Waals surface area contributed by atoms with Gasteiger partial charge in [0.1, 0.15) is 4.88 Å². The number of nitrogens with zero attached hydrogens (tertiary/aromatic N) is 4. The van der Waals surface area contributed by atoms with E-state index in [1.165, 1.54) is 4.90 Å². The molecule has 4 amide bonds. The Morgan fingerprint density at radius 2 is 1.78 bits per heavy atom. The van der Waals surface area contributed by atoms with E-state index in [0.717, 1.165) is 24.4 Å². The predicted octanol–water partition coefficient (Wildman–Crippen LogP) is 1.89. The van der Waals surface area contributed by atoms with Gasteiger partial charge in [0.15, 0.2) is 0 Å². The molecule has 9 nitrogen and oxygen atoms in total. The molecule has 1 aromatic carbocycles. The highest BCUT2D eigenvalue weighted by Gasteiger charge is 2.34. The van der Waals surface area contributed by atoms with Crippen LogP contribution in [0.25, 0.3) is 0 Å². The first-order valence-electron chi connectivity index (χ1n) is 10.8. The summed E-state index contributed by atoms with van der Waals surface area (Å²) in [5, 5.41) is 6.85. The molecule has 0 aliphatic carbocycles. The van der Waals surface area contributed by atoms with Crippen molar-refractivity contribution < 1.29 is 19.2 Å². The van der Waals surface area contributed by atoms with Crippen LogP contribution < -0.4 is 5.32 Å². The molecule has 2 aliphatic rings. The van der Waals surface area contributed by atoms with Crippen molar-refractivity contribution in [1.29, 1.82) is 0 Å². The molecule has 2 aromatic rings. The Balaban J connectivity index is 1.15. The molecule has 0 saturated carbocycles. The van der Waals surface area contributed by atoms with E-state index in [9.17, 15) is 19.2 Å². The standard InChI is InChI=1S/C22H25N5O4S/c1-14-19(32-25-24-14)22(31)26-11-8-15(9-12-26)13-23-18(28)7-4-10-27-20(29)16-5-2-3-6-17(16)21(27)30/h2-3,5-6,15H,4,7-13H2,1H3,(H,23,28). The summed E-state index contributed by atoms with van der Waals surface area (Å²) in [5.74, 6) is -0.382. The summed E-state index contributed by atoms with van der Waals surface area (Å²) in [6.07, 6.45) is 2.33. The van der Waals surface area contributed by atoms with Crippen LogP contribution in [0.15, 0.2) is 24.3 Å². The molecule has 0 spiro atoms. The van der Waals surface area contributed by atoms with Gasteiger partial charge >= 0.3 is 0 Å². The monoisotopic (exact) mass is 455 g/mol. The number of benzene rings is 1. The van der Waals surface area contributed by atoms with Gasteiger partial charge in [-0.1, -0.05) is 16.6 Å². The molecule has 0 atom stereocenters. The average Bonchev–Trinajstić information content (AvgIpc) is 3.34. The van der Waals surface area contributed by atoms with Gasteiger partial charge in [-0.3, -0.25) is 24.1 Å². The zero-order valence-electron chi connectivity index (χ0n) is 17.9. The zero-order valence-corrected chi connectivity index (χ0v) is 18.7. The molecule has 1 aromatic heterocycles. The first-order chi connectivity index (χ1) is 15.5. The van der Waals surface area contributed by atoms with Crippen molar-refractivity contribution in [1.82, 2.24) is 24.7 Å². The Morgan fingerprint density at radius 1 is 1.12 bits per heavy atom. The Morgan fingerprint density at radius 3 is 2.38 bits per heavy atom. The predicted molar refractivity (Wildman–Crippen MR) is 117 cm³/mol. The van der Waals surface area contributed by atoms with Crippen molar-refractivity contribution in [3.63, 3.8) is 0 Å². The van der Waals surface area contributed by atoms with Crippen LogP contribution in [0.5, 0.6) is 0 Å². The third-order valence-electron chi connectivity index (χ3n) is 6.00. The van der Waals surface area contributed by atoms with Gasteiger partial charge in [0.2, 0.25) is 5.91 Å². The number of amides is 4. The maximum absolute atomic E-state index is 12.5. The van der Waals surface area contributed by atoms with Gasteiger partial charge in [-0.15, -0.1) is 5.10 Å². The minimum absolute atomic E-state index is 0.0202. The van der Waals surface area contributed by atoms with E-state index in [1.807, 2.05) is 4.90 Å². The molecule has 0 radical (unpaired) electrons. The maximum Gasteiger partial charge on any atom is 0.267 e. The molecule has 1 saturated heterocycles. The molecule has 1 N–H and O–H groups in total. The molecule has 0 unspecified atom stereocenters. The van der Waals surface area contributed by atoms with E-state index in [2.05, 4.69) is 14.9 Å². The van der Waals surface area contributed by atoms with Gasteiger partial charge in [0.05, 0.1) is 16.8 Å². The summed E-state index contributed by atoms with van der Waals surface area (Å²) in [7, 11) is 0. The number of fused-ring (bicyclic) bond motifs is 1. The average molecular weight is 456 g/mol. The molecule has 3 heterocycles. The normalized spacial score (nSPS) is 16.4. The lowest BCUT2D eigenvalue weighted by atomic mass is 9.96. The van der Waals surface area contributed by atoms with Crippen molar-refractivity contribution in [3.8, 4) is 0 Å². The highest BCUT2D eigenvalue weighted by Crippen LogP contribution is 2.23. The Hall–Kier alpha value is -3.14. The van der Waals surface area contributed by atoms with E-state index in [0.29, 0.717) is 53.7 Å². The number of carbonyl (C=O) groups excluding carboxylic acids is 4. The topological polar surface area (TPSA) is 113 Å². The van der Waals surface area contributed by atoms with Crippen LogP contribution in [0.4, 0.5) is 0 Å². The lowest BCUT2D eigenvalue weighted by Crippen LogP contribution is -2.41. The molecule has 4 rings (SSSR count). The number of hydrogen-bond acceptors (Lipinski definition) is 7. The van der Waals surface area contributed by atoms with E-state index < -0.39 is 0 Å². The van der Waals surface area contributed by atoms with Crippen molar-refractivity contribution in [2.75, 3.05) is 26.2 Å². The summed E-state index contributed by atoms with van der Waals surface area (Å²) < 4.78 is 3.83. The summed E-state index contributed by atoms with van der Waals surface area (Å²) in [6.45, 7) is 3.88. The fourth-order valence-electron chi connectivity index (χ4n) is 4.10. The number of nitrogens with one attached hydrogen (secondary N) is 1. The molecule has 2 aliphatic heterocycles. The molecule has 32 heavy (non-hydrogen) atoms. The van der Waals surface area contributed by atoms with Gasteiger partial charge < -0.3 is 10.2 Å². The molecular weight excluding hydrogens is 430 g/mol. The van der Waals surface area contributed by atoms with Crippen LogP contribution in [-0.2, 0) is 4.79 Å². The van der Waals surface area contributed by atoms with Crippen LogP contribution in [0.2, 0.25) is 0 Å². The van der Waals surface area contributed by atoms with Gasteiger partial charge in [-0.25, -0.2) is 0 Å². The Bertz CT molecular complexity index is 1010. The number of carbonyl (C=O) groups is 4. The number of piperidine rings is 1. The lowest BCUT2D eigenvalue weighted by molar-refractivity contribution is -0.121. The quantitative estimate of drug-likeness (QED) is 0.638. The molecule has 1 fully saturated rings. The summed E-state index contributed by atoms with van der Waals surface area (Å²) >= 11 is 1.12. The summed E-state index contributed by atoms with van der Waals surface area (Å²) in [6, 6.07) is 6.77. The lowest BCUT2D eigenvalue weighted by Gasteiger charge is -2.31. The summed E-state index contributed by atoms with van der Waals surface area (Å²) in [4.78, 5) is 53.1. The van der Waals surface area contributed by atoms with Gasteiger partial charge in [-0.2, -0.15) is 0 Å². The first-order valence-corrected chi connectivity index (χ1v) is 11.5. The van der Waals surface area contributed by atoms with E-state index >= 15 is 0 Å². The van der Waals surface area contributed by atoms with E-state index in [-0.39, 0.29) is 36.6 Å². The maximum atomic E-state index is 12.5. The second-order valence-electron chi connectivity index (χ2n) is 8.14. The van der Waals surface area contributed by atoms with Gasteiger partial charge in [0.25, 0.3) is 17.7 Å². The van der Waals surface area contributed by atoms with Crippen molar-refractivity contribution in [3.05, 3.63) is 46.0 Å². The highest BCUT2D eigenvalue weighted by atomic mass is 32.1. The Labute approximate surface area is 189 Å². The van der Waals surface area contributed by atoms with Crippen LogP contribution in [0.1, 0.15) is 61.8 Å². The van der Waals surface area contributed by atoms with Crippen LogP contribution in [0, 0.1) is 12.8 Å². The number of hydrogen-bond donors (Lipinski definition) is 1. The summed E-state index contributed by atoms with van der Waals surface area (Å²) in [5.41, 5.74) is 1.51. The minimum Gasteiger partial charge on any atom is -0.356 e. The molecule has 0 bridgehead atoms. The Kier molecular flexibility index (Phi) is 6.59. The minimum atomic E-state index is -0.295. The fraction of sp³-hybridized carbons (Fsp3) is 0.455. The SMILES string of the molecule is Cc1nnsc1C(=O)N1CCC(CNC(=O)CCCN2C(=O)c3ccccc3C2=O)CC1. The number of aryl methyl sites for hydroxylation is 1. The van der Waals surface area contributed by atoms with Crippen molar-refractivity contribution in [2.45, 2.75) is 32.6 Å². The van der Waals surface area contributed by atoms with E-state index in [4.69, 9.17) is 0 Å². The fourth-order valence-corrected chi connectivity index (χ4v) is 4.72. The number of rotatable bonds is 7. The third kappa shape index (κ3) is 4.55. The van der Waals surface area contributed by atoms with Crippen LogP contribution in [0.3, 0.4) is 0 Å². The third-order valence-corrected chi connectivity index (χ3v) is 6.82. The number of aromatic nitrogens is 2. The van der Waals surface area contributed by atoms with Crippen LogP contribution in [-0.4, -0.2) is 69.2 Å². The molecular formula is C22H25N5O4S. The second kappa shape index (κ2) is 9.56. The van der Waals surface area contributed by atoms with Gasteiger partial charge in [0, 0.05) is 32.6 Å². The largest absolute Gasteiger partial charge is 0.356 e. The number of imide groups is 1. The molecule has 10 heteroatoms. The highest BCUT2D eigenvalue weighted by molar-refractivity contribution is 7.07. The van der Waals surface area contributed by atoms with Crippen LogP contribution >= 0.6 is 11.5 Å².